The molecule has 3 heteroatoms. The molecule has 1 heterocycles. The van der Waals surface area contributed by atoms with Crippen molar-refractivity contribution in [1.29, 1.82) is 0 Å². The molecule has 16 heavy (non-hydrogen) atoms. The summed E-state index contributed by atoms with van der Waals surface area (Å²) in [5.41, 5.74) is 6.02. The second-order valence-corrected chi connectivity index (χ2v) is 4.90. The number of hydrogen-bond donors (Lipinski definition) is 1. The predicted octanol–water partition coefficient (Wildman–Crippen LogP) is 2.14. The van der Waals surface area contributed by atoms with Crippen molar-refractivity contribution < 1.29 is 0 Å². The average Bonchev–Trinajstić information content (AvgIpc) is 2.38. The molecule has 1 saturated heterocycles. The largest absolute Gasteiger partial charge is 0.370 e. The third-order valence-electron chi connectivity index (χ3n) is 3.57. The molecule has 1 aliphatic carbocycles. The maximum atomic E-state index is 6.02. The molecule has 0 aromatic heterocycles. The normalized spacial score (nSPS) is 27.1. The smallest absolute Gasteiger partial charge is 0.191 e. The number of nitrogens with two attached hydrogens (primary N) is 1. The zero-order valence-electron chi connectivity index (χ0n) is 10.1. The van der Waals surface area contributed by atoms with Gasteiger partial charge in [-0.05, 0) is 44.4 Å². The lowest BCUT2D eigenvalue weighted by Gasteiger charge is -2.28. The third-order valence-corrected chi connectivity index (χ3v) is 3.57. The molecule has 0 saturated carbocycles. The lowest BCUT2D eigenvalue weighted by atomic mass is 9.95. The van der Waals surface area contributed by atoms with Crippen LogP contribution < -0.4 is 5.73 Å². The molecule has 0 aromatic carbocycles. The molecule has 2 N–H and O–H groups in total. The minimum Gasteiger partial charge on any atom is -0.370 e. The van der Waals surface area contributed by atoms with Crippen LogP contribution in [0.1, 0.15) is 38.5 Å². The topological polar surface area (TPSA) is 41.6 Å². The highest BCUT2D eigenvalue weighted by Gasteiger charge is 2.13. The quantitative estimate of drug-likeness (QED) is 0.441. The number of aliphatic imine (C=N–C) groups is 1. The van der Waals surface area contributed by atoms with Crippen LogP contribution in [0.2, 0.25) is 0 Å². The monoisotopic (exact) mass is 221 g/mol. The van der Waals surface area contributed by atoms with Gasteiger partial charge in [-0.3, -0.25) is 4.99 Å². The van der Waals surface area contributed by atoms with Gasteiger partial charge in [-0.25, -0.2) is 0 Å². The molecule has 0 radical (unpaired) electrons. The van der Waals surface area contributed by atoms with Gasteiger partial charge in [0.25, 0.3) is 0 Å². The fourth-order valence-electron chi connectivity index (χ4n) is 2.47. The standard InChI is InChI=1S/C13H23N3/c14-13(16-9-5-2-6-10-16)15-11-12-7-3-1-4-8-12/h1,3,12H,2,4-11H2,(H2,14,15)/t12-/m1/s1. The van der Waals surface area contributed by atoms with E-state index in [4.69, 9.17) is 5.73 Å². The molecule has 0 unspecified atom stereocenters. The maximum Gasteiger partial charge on any atom is 0.191 e. The fourth-order valence-corrected chi connectivity index (χ4v) is 2.47. The number of likely N-dealkylation sites (tertiary alicyclic amines) is 1. The molecule has 0 bridgehead atoms. The van der Waals surface area contributed by atoms with Crippen LogP contribution in [0.15, 0.2) is 17.1 Å². The van der Waals surface area contributed by atoms with Gasteiger partial charge in [-0.1, -0.05) is 12.2 Å². The SMILES string of the molecule is NC(=NC[C@@H]1CC=CCC1)N1CCCCC1. The summed E-state index contributed by atoms with van der Waals surface area (Å²) in [5.74, 6) is 1.49. The Hall–Kier alpha value is -0.990. The van der Waals surface area contributed by atoms with Crippen LogP contribution in [0.3, 0.4) is 0 Å². The van der Waals surface area contributed by atoms with Gasteiger partial charge in [0.1, 0.15) is 0 Å². The molecule has 0 aromatic rings. The number of nitrogens with zero attached hydrogens (tertiary/aromatic N) is 2. The van der Waals surface area contributed by atoms with Crippen LogP contribution in [-0.4, -0.2) is 30.5 Å². The first-order chi connectivity index (χ1) is 7.86. The fraction of sp³-hybridized carbons (Fsp3) is 0.769. The molecule has 1 atom stereocenters. The van der Waals surface area contributed by atoms with Crippen molar-refractivity contribution in [3.63, 3.8) is 0 Å². The van der Waals surface area contributed by atoms with E-state index in [1.807, 2.05) is 0 Å². The van der Waals surface area contributed by atoms with Crippen molar-refractivity contribution in [2.75, 3.05) is 19.6 Å². The first kappa shape index (κ1) is 11.5. The summed E-state index contributed by atoms with van der Waals surface area (Å²) in [4.78, 5) is 6.80. The van der Waals surface area contributed by atoms with E-state index in [0.29, 0.717) is 5.92 Å². The molecule has 1 fully saturated rings. The molecular formula is C13H23N3. The minimum atomic E-state index is 0.716. The minimum absolute atomic E-state index is 0.716. The van der Waals surface area contributed by atoms with Gasteiger partial charge >= 0.3 is 0 Å². The van der Waals surface area contributed by atoms with E-state index < -0.39 is 0 Å². The predicted molar refractivity (Wildman–Crippen MR) is 68.4 cm³/mol. The van der Waals surface area contributed by atoms with Gasteiger partial charge in [0, 0.05) is 19.6 Å². The van der Waals surface area contributed by atoms with Gasteiger partial charge < -0.3 is 10.6 Å². The summed E-state index contributed by atoms with van der Waals surface area (Å²) in [7, 11) is 0. The van der Waals surface area contributed by atoms with E-state index in [2.05, 4.69) is 22.0 Å². The van der Waals surface area contributed by atoms with Crippen LogP contribution in [0.4, 0.5) is 0 Å². The van der Waals surface area contributed by atoms with E-state index in [9.17, 15) is 0 Å². The molecule has 90 valence electrons. The summed E-state index contributed by atoms with van der Waals surface area (Å²) < 4.78 is 0. The summed E-state index contributed by atoms with van der Waals surface area (Å²) in [5, 5.41) is 0. The van der Waals surface area contributed by atoms with Gasteiger partial charge in [-0.15, -0.1) is 0 Å². The Morgan fingerprint density at radius 1 is 1.25 bits per heavy atom. The van der Waals surface area contributed by atoms with E-state index in [-0.39, 0.29) is 0 Å². The number of rotatable bonds is 2. The van der Waals surface area contributed by atoms with Crippen LogP contribution in [0, 0.1) is 5.92 Å². The van der Waals surface area contributed by atoms with Crippen molar-refractivity contribution >= 4 is 5.96 Å². The summed E-state index contributed by atoms with van der Waals surface area (Å²) in [6.45, 7) is 3.10. The van der Waals surface area contributed by atoms with Gasteiger partial charge in [0.15, 0.2) is 5.96 Å². The van der Waals surface area contributed by atoms with Gasteiger partial charge in [0.05, 0.1) is 0 Å². The molecule has 2 rings (SSSR count). The first-order valence-corrected chi connectivity index (χ1v) is 6.56. The van der Waals surface area contributed by atoms with Crippen molar-refractivity contribution in [1.82, 2.24) is 4.90 Å². The van der Waals surface area contributed by atoms with Crippen LogP contribution in [0.25, 0.3) is 0 Å². The second kappa shape index (κ2) is 5.92. The molecular weight excluding hydrogens is 198 g/mol. The van der Waals surface area contributed by atoms with Crippen LogP contribution in [0.5, 0.6) is 0 Å². The van der Waals surface area contributed by atoms with Gasteiger partial charge in [0.2, 0.25) is 0 Å². The number of hydrogen-bond acceptors (Lipinski definition) is 1. The summed E-state index contributed by atoms with van der Waals surface area (Å²) in [6, 6.07) is 0. The zero-order valence-corrected chi connectivity index (χ0v) is 10.1. The van der Waals surface area contributed by atoms with Crippen molar-refractivity contribution in [2.45, 2.75) is 38.5 Å². The lowest BCUT2D eigenvalue weighted by Crippen LogP contribution is -2.41. The Morgan fingerprint density at radius 3 is 2.75 bits per heavy atom. The van der Waals surface area contributed by atoms with Gasteiger partial charge in [-0.2, -0.15) is 0 Å². The molecule has 0 amide bonds. The number of piperidine rings is 1. The van der Waals surface area contributed by atoms with Crippen molar-refractivity contribution in [2.24, 2.45) is 16.6 Å². The first-order valence-electron chi connectivity index (χ1n) is 6.56. The Morgan fingerprint density at radius 2 is 2.06 bits per heavy atom. The highest BCUT2D eigenvalue weighted by atomic mass is 15.2. The Labute approximate surface area is 98.4 Å². The lowest BCUT2D eigenvalue weighted by molar-refractivity contribution is 0.336. The highest BCUT2D eigenvalue weighted by molar-refractivity contribution is 5.78. The van der Waals surface area contributed by atoms with E-state index >= 15 is 0 Å². The molecule has 0 spiro atoms. The molecule has 3 nitrogen and oxygen atoms in total. The van der Waals surface area contributed by atoms with Crippen LogP contribution in [-0.2, 0) is 0 Å². The number of guanidine groups is 1. The Bertz CT molecular complexity index is 264. The maximum absolute atomic E-state index is 6.02. The van der Waals surface area contributed by atoms with E-state index in [1.165, 1.54) is 38.5 Å². The van der Waals surface area contributed by atoms with E-state index in [0.717, 1.165) is 25.6 Å². The highest BCUT2D eigenvalue weighted by Crippen LogP contribution is 2.18. The molecule has 1 aliphatic heterocycles. The van der Waals surface area contributed by atoms with Crippen LogP contribution >= 0.6 is 0 Å². The summed E-state index contributed by atoms with van der Waals surface area (Å²) >= 11 is 0. The Kier molecular flexibility index (Phi) is 4.25. The summed E-state index contributed by atoms with van der Waals surface area (Å²) in [6.07, 6.45) is 12.1. The number of allylic oxidation sites excluding steroid dienone is 2. The van der Waals surface area contributed by atoms with Crippen molar-refractivity contribution in [3.05, 3.63) is 12.2 Å². The van der Waals surface area contributed by atoms with Crippen molar-refractivity contribution in [3.8, 4) is 0 Å². The third kappa shape index (κ3) is 3.26. The van der Waals surface area contributed by atoms with E-state index in [1.54, 1.807) is 0 Å². The zero-order chi connectivity index (χ0) is 11.2. The average molecular weight is 221 g/mol. The second-order valence-electron chi connectivity index (χ2n) is 4.90. The Balaban J connectivity index is 1.78. The molecule has 2 aliphatic rings.